The zero-order chi connectivity index (χ0) is 13.1. The van der Waals surface area contributed by atoms with E-state index in [1.165, 1.54) is 12.4 Å². The number of rotatable bonds is 3. The molecule has 0 aliphatic heterocycles. The van der Waals surface area contributed by atoms with Gasteiger partial charge in [-0.15, -0.1) is 0 Å². The Hall–Kier alpha value is -2.31. The predicted octanol–water partition coefficient (Wildman–Crippen LogP) is 0.928. The summed E-state index contributed by atoms with van der Waals surface area (Å²) in [5.41, 5.74) is 0.631. The first-order valence-corrected chi connectivity index (χ1v) is 5.34. The number of aryl methyl sites for hydroxylation is 2. The average Bonchev–Trinajstić information content (AvgIpc) is 2.30. The fourth-order valence-electron chi connectivity index (χ4n) is 1.47. The normalized spacial score (nSPS) is 10.4. The van der Waals surface area contributed by atoms with E-state index in [0.29, 0.717) is 11.5 Å². The minimum atomic E-state index is -0.507. The molecule has 2 N–H and O–H groups in total. The van der Waals surface area contributed by atoms with Crippen LogP contribution in [0.15, 0.2) is 17.2 Å². The number of H-pyrrole nitrogens is 1. The number of halogens is 1. The van der Waals surface area contributed by atoms with Crippen molar-refractivity contribution in [2.45, 2.75) is 20.4 Å². The lowest BCUT2D eigenvalue weighted by Gasteiger charge is -2.07. The molecule has 0 spiro atoms. The van der Waals surface area contributed by atoms with Crippen LogP contribution in [0, 0.1) is 19.7 Å². The van der Waals surface area contributed by atoms with E-state index in [0.717, 1.165) is 0 Å². The molecule has 0 saturated heterocycles. The highest BCUT2D eigenvalue weighted by molar-refractivity contribution is 5.36. The van der Waals surface area contributed by atoms with Gasteiger partial charge in [-0.25, -0.2) is 19.3 Å². The van der Waals surface area contributed by atoms with E-state index >= 15 is 0 Å². The van der Waals surface area contributed by atoms with E-state index in [2.05, 4.69) is 25.3 Å². The molecule has 0 unspecified atom stereocenters. The van der Waals surface area contributed by atoms with Crippen LogP contribution in [-0.2, 0) is 6.54 Å². The summed E-state index contributed by atoms with van der Waals surface area (Å²) in [6.45, 7) is 3.45. The molecular formula is C11H12FN5O. The number of aromatic nitrogens is 4. The SMILES string of the molecule is Cc1cc(=O)[nH]c(CNc2ncnc(C)c2F)n1. The zero-order valence-electron chi connectivity index (χ0n) is 9.99. The van der Waals surface area contributed by atoms with Gasteiger partial charge in [0.1, 0.15) is 12.2 Å². The third-order valence-electron chi connectivity index (χ3n) is 2.31. The Morgan fingerprint density at radius 2 is 2.17 bits per heavy atom. The van der Waals surface area contributed by atoms with Gasteiger partial charge in [0.15, 0.2) is 11.6 Å². The van der Waals surface area contributed by atoms with E-state index in [4.69, 9.17) is 0 Å². The van der Waals surface area contributed by atoms with Gasteiger partial charge >= 0.3 is 0 Å². The molecule has 2 aromatic rings. The van der Waals surface area contributed by atoms with Gasteiger partial charge < -0.3 is 10.3 Å². The molecular weight excluding hydrogens is 237 g/mol. The van der Waals surface area contributed by atoms with E-state index in [-0.39, 0.29) is 23.6 Å². The third kappa shape index (κ3) is 2.68. The van der Waals surface area contributed by atoms with Crippen LogP contribution in [0.5, 0.6) is 0 Å². The van der Waals surface area contributed by atoms with Crippen molar-refractivity contribution in [1.82, 2.24) is 19.9 Å². The van der Waals surface area contributed by atoms with Gasteiger partial charge in [-0.05, 0) is 13.8 Å². The Morgan fingerprint density at radius 3 is 2.89 bits per heavy atom. The Bertz CT molecular complexity index is 625. The van der Waals surface area contributed by atoms with Crippen molar-refractivity contribution in [1.29, 1.82) is 0 Å². The molecule has 0 fully saturated rings. The molecule has 0 aliphatic carbocycles. The fraction of sp³-hybridized carbons (Fsp3) is 0.273. The molecule has 2 aromatic heterocycles. The summed E-state index contributed by atoms with van der Waals surface area (Å²) in [6.07, 6.45) is 1.27. The number of nitrogens with one attached hydrogen (secondary N) is 2. The van der Waals surface area contributed by atoms with E-state index in [9.17, 15) is 9.18 Å². The summed E-state index contributed by atoms with van der Waals surface area (Å²) in [6, 6.07) is 1.39. The number of hydrogen-bond donors (Lipinski definition) is 2. The summed E-state index contributed by atoms with van der Waals surface area (Å²) in [5.74, 6) is 0.00909. The molecule has 2 heterocycles. The lowest BCUT2D eigenvalue weighted by atomic mass is 10.4. The Balaban J connectivity index is 2.16. The molecule has 0 radical (unpaired) electrons. The van der Waals surface area contributed by atoms with Crippen molar-refractivity contribution < 1.29 is 4.39 Å². The summed E-state index contributed by atoms with van der Waals surface area (Å²) in [4.78, 5) is 25.4. The second-order valence-corrected chi connectivity index (χ2v) is 3.81. The molecule has 0 aromatic carbocycles. The van der Waals surface area contributed by atoms with Crippen LogP contribution in [0.2, 0.25) is 0 Å². The van der Waals surface area contributed by atoms with Crippen LogP contribution in [0.1, 0.15) is 17.2 Å². The van der Waals surface area contributed by atoms with Gasteiger partial charge in [0.05, 0.1) is 12.2 Å². The van der Waals surface area contributed by atoms with Crippen molar-refractivity contribution in [3.05, 3.63) is 45.8 Å². The first-order chi connectivity index (χ1) is 8.56. The smallest absolute Gasteiger partial charge is 0.251 e. The quantitative estimate of drug-likeness (QED) is 0.845. The summed E-state index contributed by atoms with van der Waals surface area (Å²) in [7, 11) is 0. The number of nitrogens with zero attached hydrogens (tertiary/aromatic N) is 3. The van der Waals surface area contributed by atoms with Gasteiger partial charge in [-0.1, -0.05) is 0 Å². The Morgan fingerprint density at radius 1 is 1.39 bits per heavy atom. The van der Waals surface area contributed by atoms with Crippen molar-refractivity contribution in [2.24, 2.45) is 0 Å². The molecule has 7 heteroatoms. The second kappa shape index (κ2) is 4.91. The Labute approximate surface area is 102 Å². The zero-order valence-corrected chi connectivity index (χ0v) is 9.99. The average molecular weight is 249 g/mol. The van der Waals surface area contributed by atoms with Gasteiger partial charge in [0.25, 0.3) is 5.56 Å². The van der Waals surface area contributed by atoms with Crippen LogP contribution in [-0.4, -0.2) is 19.9 Å². The highest BCUT2D eigenvalue weighted by Gasteiger charge is 2.07. The van der Waals surface area contributed by atoms with Crippen molar-refractivity contribution in [3.63, 3.8) is 0 Å². The summed E-state index contributed by atoms with van der Waals surface area (Å²) in [5, 5.41) is 2.77. The molecule has 18 heavy (non-hydrogen) atoms. The molecule has 0 amide bonds. The minimum Gasteiger partial charge on any atom is -0.360 e. The van der Waals surface area contributed by atoms with Gasteiger partial charge in [-0.3, -0.25) is 4.79 Å². The Kier molecular flexibility index (Phi) is 3.31. The predicted molar refractivity (Wildman–Crippen MR) is 63.6 cm³/mol. The molecule has 0 atom stereocenters. The molecule has 6 nitrogen and oxygen atoms in total. The van der Waals surface area contributed by atoms with Gasteiger partial charge in [-0.2, -0.15) is 0 Å². The topological polar surface area (TPSA) is 83.6 Å². The molecule has 0 aliphatic rings. The van der Waals surface area contributed by atoms with E-state index < -0.39 is 5.82 Å². The molecule has 0 saturated carbocycles. The van der Waals surface area contributed by atoms with Crippen LogP contribution < -0.4 is 10.9 Å². The number of hydrogen-bond acceptors (Lipinski definition) is 5. The summed E-state index contributed by atoms with van der Waals surface area (Å²) < 4.78 is 13.6. The van der Waals surface area contributed by atoms with E-state index in [1.54, 1.807) is 13.8 Å². The maximum absolute atomic E-state index is 13.6. The van der Waals surface area contributed by atoms with E-state index in [1.807, 2.05) is 0 Å². The van der Waals surface area contributed by atoms with Crippen LogP contribution in [0.3, 0.4) is 0 Å². The highest BCUT2D eigenvalue weighted by Crippen LogP contribution is 2.11. The van der Waals surface area contributed by atoms with Crippen LogP contribution >= 0.6 is 0 Å². The largest absolute Gasteiger partial charge is 0.360 e. The van der Waals surface area contributed by atoms with Crippen LogP contribution in [0.25, 0.3) is 0 Å². The lowest BCUT2D eigenvalue weighted by molar-refractivity contribution is 0.604. The van der Waals surface area contributed by atoms with Crippen molar-refractivity contribution >= 4 is 5.82 Å². The lowest BCUT2D eigenvalue weighted by Crippen LogP contribution is -2.15. The maximum Gasteiger partial charge on any atom is 0.251 e. The second-order valence-electron chi connectivity index (χ2n) is 3.81. The number of anilines is 1. The molecule has 94 valence electrons. The van der Waals surface area contributed by atoms with Crippen molar-refractivity contribution in [3.8, 4) is 0 Å². The maximum atomic E-state index is 13.6. The van der Waals surface area contributed by atoms with Gasteiger partial charge in [0, 0.05) is 11.8 Å². The third-order valence-corrected chi connectivity index (χ3v) is 2.31. The molecule has 0 bridgehead atoms. The highest BCUT2D eigenvalue weighted by atomic mass is 19.1. The van der Waals surface area contributed by atoms with Crippen LogP contribution in [0.4, 0.5) is 10.2 Å². The van der Waals surface area contributed by atoms with Gasteiger partial charge in [0.2, 0.25) is 0 Å². The monoisotopic (exact) mass is 249 g/mol. The standard InChI is InChI=1S/C11H12FN5O/c1-6-3-9(18)17-8(16-6)4-13-11-10(12)7(2)14-5-15-11/h3,5H,4H2,1-2H3,(H,13,14,15)(H,16,17,18). The van der Waals surface area contributed by atoms with Crippen molar-refractivity contribution in [2.75, 3.05) is 5.32 Å². The summed E-state index contributed by atoms with van der Waals surface area (Å²) >= 11 is 0. The number of aromatic amines is 1. The minimum absolute atomic E-state index is 0.0895. The fourth-order valence-corrected chi connectivity index (χ4v) is 1.47. The first kappa shape index (κ1) is 12.2. The molecule has 2 rings (SSSR count). The first-order valence-electron chi connectivity index (χ1n) is 5.34.